The lowest BCUT2D eigenvalue weighted by atomic mass is 10.1. The number of rotatable bonds is 7. The van der Waals surface area contributed by atoms with E-state index in [1.54, 1.807) is 4.90 Å². The van der Waals surface area contributed by atoms with Crippen molar-refractivity contribution in [1.82, 2.24) is 9.80 Å². The molecule has 1 aromatic carbocycles. The van der Waals surface area contributed by atoms with Crippen LogP contribution in [-0.4, -0.2) is 54.9 Å². The van der Waals surface area contributed by atoms with E-state index < -0.39 is 17.8 Å². The molecule has 1 aliphatic rings. The zero-order valence-electron chi connectivity index (χ0n) is 14.5. The fourth-order valence-corrected chi connectivity index (χ4v) is 2.79. The molecule has 1 aliphatic heterocycles. The van der Waals surface area contributed by atoms with Crippen LogP contribution in [0.15, 0.2) is 24.3 Å². The Morgan fingerprint density at radius 1 is 1.15 bits per heavy atom. The highest BCUT2D eigenvalue weighted by molar-refractivity contribution is 5.67. The van der Waals surface area contributed by atoms with Crippen molar-refractivity contribution < 1.29 is 27.5 Å². The Bertz CT molecular complexity index is 600. The Kier molecular flexibility index (Phi) is 7.44. The van der Waals surface area contributed by atoms with Crippen LogP contribution in [0.3, 0.4) is 0 Å². The first-order chi connectivity index (χ1) is 12.4. The fourth-order valence-electron chi connectivity index (χ4n) is 2.79. The predicted octanol–water partition coefficient (Wildman–Crippen LogP) is 3.33. The summed E-state index contributed by atoms with van der Waals surface area (Å²) < 4.78 is 43.2. The highest BCUT2D eigenvalue weighted by atomic mass is 19.4. The van der Waals surface area contributed by atoms with Gasteiger partial charge in [0.05, 0.1) is 5.56 Å². The molecule has 0 radical (unpaired) electrons. The normalized spacial score (nSPS) is 15.7. The van der Waals surface area contributed by atoms with Gasteiger partial charge in [0, 0.05) is 32.6 Å². The third-order valence-corrected chi connectivity index (χ3v) is 4.29. The van der Waals surface area contributed by atoms with E-state index in [-0.39, 0.29) is 6.61 Å². The fraction of sp³-hybridized carbons (Fsp3) is 0.556. The van der Waals surface area contributed by atoms with Gasteiger partial charge in [0.25, 0.3) is 0 Å². The number of amides is 1. The Labute approximate surface area is 150 Å². The molecule has 1 aromatic rings. The van der Waals surface area contributed by atoms with Gasteiger partial charge in [0.1, 0.15) is 12.9 Å². The summed E-state index contributed by atoms with van der Waals surface area (Å²) in [4.78, 5) is 26.2. The molecule has 26 heavy (non-hydrogen) atoms. The van der Waals surface area contributed by atoms with Gasteiger partial charge in [-0.05, 0) is 37.1 Å². The number of hydrogen-bond donors (Lipinski definition) is 0. The van der Waals surface area contributed by atoms with E-state index in [0.717, 1.165) is 50.9 Å². The van der Waals surface area contributed by atoms with Crippen LogP contribution in [-0.2, 0) is 22.3 Å². The summed E-state index contributed by atoms with van der Waals surface area (Å²) >= 11 is 0. The first kappa shape index (κ1) is 20.2. The minimum Gasteiger partial charge on any atom is -0.445 e. The van der Waals surface area contributed by atoms with Crippen molar-refractivity contribution in [3.05, 3.63) is 35.4 Å². The molecular formula is C18H23F3N2O3. The highest BCUT2D eigenvalue weighted by Gasteiger charge is 2.30. The van der Waals surface area contributed by atoms with Crippen LogP contribution in [0.5, 0.6) is 0 Å². The molecule has 0 spiro atoms. The number of carbonyl (C=O) groups is 2. The molecule has 0 N–H and O–H groups in total. The minimum atomic E-state index is -4.41. The van der Waals surface area contributed by atoms with E-state index in [1.165, 1.54) is 12.1 Å². The smallest absolute Gasteiger partial charge is 0.416 e. The molecule has 0 saturated carbocycles. The van der Waals surface area contributed by atoms with E-state index >= 15 is 0 Å². The van der Waals surface area contributed by atoms with Gasteiger partial charge in [-0.2, -0.15) is 13.2 Å². The highest BCUT2D eigenvalue weighted by Crippen LogP contribution is 2.29. The number of nitrogens with zero attached hydrogens (tertiary/aromatic N) is 2. The SMILES string of the molecule is O=CCCCCN1CCN(C(=O)OCc2cccc(C(F)(F)F)c2)CC1. The lowest BCUT2D eigenvalue weighted by Gasteiger charge is -2.34. The Morgan fingerprint density at radius 3 is 2.54 bits per heavy atom. The third-order valence-electron chi connectivity index (χ3n) is 4.29. The van der Waals surface area contributed by atoms with Crippen LogP contribution >= 0.6 is 0 Å². The van der Waals surface area contributed by atoms with Gasteiger partial charge in [-0.3, -0.25) is 4.90 Å². The second-order valence-electron chi connectivity index (χ2n) is 6.24. The summed E-state index contributed by atoms with van der Waals surface area (Å²) in [7, 11) is 0. The van der Waals surface area contributed by atoms with Crippen LogP contribution < -0.4 is 0 Å². The number of benzene rings is 1. The molecule has 0 bridgehead atoms. The van der Waals surface area contributed by atoms with Gasteiger partial charge in [-0.25, -0.2) is 4.79 Å². The number of unbranched alkanes of at least 4 members (excludes halogenated alkanes) is 2. The van der Waals surface area contributed by atoms with E-state index in [0.29, 0.717) is 25.1 Å². The van der Waals surface area contributed by atoms with Crippen LogP contribution in [0.4, 0.5) is 18.0 Å². The maximum Gasteiger partial charge on any atom is 0.416 e. The summed E-state index contributed by atoms with van der Waals surface area (Å²) in [5.74, 6) is 0. The molecular weight excluding hydrogens is 349 g/mol. The second-order valence-corrected chi connectivity index (χ2v) is 6.24. The summed E-state index contributed by atoms with van der Waals surface area (Å²) in [5.41, 5.74) is -0.448. The van der Waals surface area contributed by atoms with Crippen LogP contribution in [0.2, 0.25) is 0 Å². The lowest BCUT2D eigenvalue weighted by molar-refractivity contribution is -0.137. The summed E-state index contributed by atoms with van der Waals surface area (Å²) in [6.07, 6.45) is -1.63. The van der Waals surface area contributed by atoms with Crippen LogP contribution in [0.1, 0.15) is 30.4 Å². The van der Waals surface area contributed by atoms with Crippen molar-refractivity contribution in [2.75, 3.05) is 32.7 Å². The number of halogens is 3. The molecule has 1 saturated heterocycles. The Balaban J connectivity index is 1.73. The molecule has 144 valence electrons. The maximum atomic E-state index is 12.7. The van der Waals surface area contributed by atoms with Gasteiger partial charge in [-0.1, -0.05) is 12.1 Å². The quantitative estimate of drug-likeness (QED) is 0.544. The monoisotopic (exact) mass is 372 g/mol. The average molecular weight is 372 g/mol. The van der Waals surface area contributed by atoms with E-state index in [9.17, 15) is 22.8 Å². The summed E-state index contributed by atoms with van der Waals surface area (Å²) in [5, 5.41) is 0. The minimum absolute atomic E-state index is 0.186. The van der Waals surface area contributed by atoms with E-state index in [2.05, 4.69) is 4.90 Å². The first-order valence-electron chi connectivity index (χ1n) is 8.64. The van der Waals surface area contributed by atoms with Crippen molar-refractivity contribution in [3.63, 3.8) is 0 Å². The van der Waals surface area contributed by atoms with Crippen molar-refractivity contribution in [2.24, 2.45) is 0 Å². The molecule has 0 aliphatic carbocycles. The molecule has 0 unspecified atom stereocenters. The van der Waals surface area contributed by atoms with Crippen molar-refractivity contribution >= 4 is 12.4 Å². The van der Waals surface area contributed by atoms with Gasteiger partial charge in [0.15, 0.2) is 0 Å². The van der Waals surface area contributed by atoms with Gasteiger partial charge < -0.3 is 14.4 Å². The van der Waals surface area contributed by atoms with Crippen molar-refractivity contribution in [3.8, 4) is 0 Å². The Hall–Kier alpha value is -2.09. The van der Waals surface area contributed by atoms with Gasteiger partial charge >= 0.3 is 12.3 Å². The number of hydrogen-bond acceptors (Lipinski definition) is 4. The molecule has 2 rings (SSSR count). The number of ether oxygens (including phenoxy) is 1. The largest absolute Gasteiger partial charge is 0.445 e. The number of alkyl halides is 3. The molecule has 1 amide bonds. The summed E-state index contributed by atoms with van der Waals surface area (Å²) in [6, 6.07) is 4.78. The van der Waals surface area contributed by atoms with Gasteiger partial charge in [-0.15, -0.1) is 0 Å². The average Bonchev–Trinajstić information content (AvgIpc) is 2.63. The maximum absolute atomic E-state index is 12.7. The Morgan fingerprint density at radius 2 is 1.88 bits per heavy atom. The summed E-state index contributed by atoms with van der Waals surface area (Å²) in [6.45, 7) is 3.19. The zero-order valence-corrected chi connectivity index (χ0v) is 14.5. The first-order valence-corrected chi connectivity index (χ1v) is 8.64. The van der Waals surface area contributed by atoms with Crippen LogP contribution in [0.25, 0.3) is 0 Å². The molecule has 8 heteroatoms. The van der Waals surface area contributed by atoms with Crippen molar-refractivity contribution in [2.45, 2.75) is 32.0 Å². The van der Waals surface area contributed by atoms with Crippen LogP contribution in [0, 0.1) is 0 Å². The number of piperazine rings is 1. The van der Waals surface area contributed by atoms with E-state index in [1.807, 2.05) is 0 Å². The standard InChI is InChI=1S/C18H23F3N2O3/c19-18(20,21)16-6-4-5-15(13-16)14-26-17(25)23-10-8-22(9-11-23)7-2-1-3-12-24/h4-6,12-13H,1-3,7-11,14H2. The van der Waals surface area contributed by atoms with Crippen molar-refractivity contribution in [1.29, 1.82) is 0 Å². The molecule has 5 nitrogen and oxygen atoms in total. The second kappa shape index (κ2) is 9.56. The molecule has 1 heterocycles. The molecule has 0 atom stereocenters. The predicted molar refractivity (Wildman–Crippen MR) is 89.6 cm³/mol. The lowest BCUT2D eigenvalue weighted by Crippen LogP contribution is -2.48. The molecule has 1 fully saturated rings. The number of aldehydes is 1. The molecule has 0 aromatic heterocycles. The zero-order chi connectivity index (χ0) is 19.0. The van der Waals surface area contributed by atoms with E-state index in [4.69, 9.17) is 4.74 Å². The van der Waals surface area contributed by atoms with Gasteiger partial charge in [0.2, 0.25) is 0 Å². The number of carbonyl (C=O) groups excluding carboxylic acids is 2. The topological polar surface area (TPSA) is 49.9 Å². The third kappa shape index (κ3) is 6.33.